The normalized spacial score (nSPS) is 46.9. The molecule has 0 unspecified atom stereocenters. The van der Waals surface area contributed by atoms with Crippen molar-refractivity contribution in [3.63, 3.8) is 0 Å². The van der Waals surface area contributed by atoms with Crippen LogP contribution >= 0.6 is 0 Å². The van der Waals surface area contributed by atoms with E-state index in [0.29, 0.717) is 63.2 Å². The van der Waals surface area contributed by atoms with Crippen molar-refractivity contribution in [3.05, 3.63) is 82.4 Å². The number of hydrogen-bond acceptors (Lipinski definition) is 10. The van der Waals surface area contributed by atoms with Crippen molar-refractivity contribution in [3.8, 4) is 11.8 Å². The van der Waals surface area contributed by atoms with Gasteiger partial charge in [-0.05, 0) is 173 Å². The molecule has 0 saturated heterocycles. The second-order valence-corrected chi connectivity index (χ2v) is 25.5. The summed E-state index contributed by atoms with van der Waals surface area (Å²) in [6, 6.07) is 16.2. The minimum Gasteiger partial charge on any atom is -0.454 e. The third-order valence-electron chi connectivity index (χ3n) is 23.3. The van der Waals surface area contributed by atoms with Gasteiger partial charge in [0.2, 0.25) is 0 Å². The van der Waals surface area contributed by atoms with Crippen LogP contribution in [0.4, 0.5) is 0 Å². The van der Waals surface area contributed by atoms with Gasteiger partial charge >= 0.3 is 5.97 Å². The molecule has 11 aliphatic rings. The van der Waals surface area contributed by atoms with E-state index in [9.17, 15) is 35.4 Å². The molecule has 0 radical (unpaired) electrons. The van der Waals surface area contributed by atoms with Gasteiger partial charge in [0.05, 0.1) is 29.8 Å². The smallest absolute Gasteiger partial charge is 0.331 e. The van der Waals surface area contributed by atoms with Crippen molar-refractivity contribution >= 4 is 12.3 Å². The summed E-state index contributed by atoms with van der Waals surface area (Å²) in [5.41, 5.74) is -4.59. The number of hydrogen-bond donors (Lipinski definition) is 7. The number of ether oxygens (including phenoxy) is 1. The van der Waals surface area contributed by atoms with Crippen LogP contribution < -0.4 is 5.32 Å². The van der Waals surface area contributed by atoms with E-state index < -0.39 is 75.1 Å². The standard InChI is InChI=1S/C61H79NO9/c1-36(39-13-6-7-14-39)41-20-21-47-54(66)56(25-22-38(31-56)19-18-37-11-4-3-5-12-37)34-58(35-64)50-23-26-57-24-9-8-15-40-16-10-17-42(33-63)44(40)29-49(62-2)45-27-43(52(57)46-30-51(65)71-53(45)46)32-59(57,68)61(50,70)55(67)48(28-41)60(47,58)69/h3-5,10-12,16-17,30,35-36,38-39,41,43,45,47-50,52-55,62-63,66-70H,6-7,9,13-14,18-29,31-34H2,1-2H3/t36-,38-,41-,43-,45+,47-,48-,49+,50+,52+,53+,54+,55-,56-,57+,58-,59+,60+,61+/m0/s1. The molecular weight excluding hydrogens is 891 g/mol. The first-order valence-corrected chi connectivity index (χ1v) is 28.1. The molecular formula is C61H79NO9. The second kappa shape index (κ2) is 17.6. The Hall–Kier alpha value is -3.40. The maximum Gasteiger partial charge on any atom is 0.331 e. The lowest BCUT2D eigenvalue weighted by atomic mass is 9.33. The SMILES string of the molecule is CN[C@@H]1Cc2c(cccc2CO)C#CCC[C@]23CC[C@H]4[C@@](O)([C@@H](O)[C@@H]5C[C@@H]([C@@H](C)C6CCCC6)CC[C@H]6[C@@H](O)[C@]7(CC[C@H](CCc8ccccc8)C7)C[C@@]4(C=O)[C@@]65O)[C@@]2(O)C[C@@H]2C[C@H]1[C@H]1OC(=O)C=C1[C@@H]23. The molecule has 0 aromatic heterocycles. The van der Waals surface area contributed by atoms with Gasteiger partial charge in [0.1, 0.15) is 23.6 Å². The van der Waals surface area contributed by atoms with Crippen LogP contribution in [0, 0.1) is 87.3 Å². The first-order valence-electron chi connectivity index (χ1n) is 28.1. The fourth-order valence-electron chi connectivity index (χ4n) is 20.3. The van der Waals surface area contributed by atoms with Crippen LogP contribution in [0.1, 0.15) is 145 Å². The van der Waals surface area contributed by atoms with Crippen LogP contribution in [-0.4, -0.2) is 91.1 Å². The lowest BCUT2D eigenvalue weighted by molar-refractivity contribution is -0.383. The van der Waals surface area contributed by atoms with Crippen LogP contribution in [0.3, 0.4) is 0 Å². The second-order valence-electron chi connectivity index (χ2n) is 25.5. The van der Waals surface area contributed by atoms with Gasteiger partial charge in [-0.25, -0.2) is 4.79 Å². The van der Waals surface area contributed by atoms with E-state index in [0.717, 1.165) is 73.5 Å². The highest BCUT2D eigenvalue weighted by Gasteiger charge is 2.86. The van der Waals surface area contributed by atoms with Gasteiger partial charge in [-0.3, -0.25) is 0 Å². The van der Waals surface area contributed by atoms with Crippen molar-refractivity contribution in [2.45, 2.75) is 183 Å². The largest absolute Gasteiger partial charge is 0.454 e. The van der Waals surface area contributed by atoms with Gasteiger partial charge in [-0.1, -0.05) is 86.9 Å². The Morgan fingerprint density at radius 1 is 0.873 bits per heavy atom. The summed E-state index contributed by atoms with van der Waals surface area (Å²) in [5, 5.41) is 84.6. The van der Waals surface area contributed by atoms with Crippen molar-refractivity contribution in [2.24, 2.45) is 75.4 Å². The van der Waals surface area contributed by atoms with Gasteiger partial charge in [-0.2, -0.15) is 0 Å². The number of aliphatic hydroxyl groups is 6. The molecule has 4 bridgehead atoms. The van der Waals surface area contributed by atoms with Crippen LogP contribution in [0.5, 0.6) is 0 Å². The van der Waals surface area contributed by atoms with E-state index >= 15 is 4.79 Å². The van der Waals surface area contributed by atoms with E-state index in [1.807, 2.05) is 31.3 Å². The topological polar surface area (TPSA) is 177 Å². The number of aldehydes is 1. The number of aryl methyl sites for hydroxylation is 1. The number of carbonyl (C=O) groups excluding carboxylic acids is 2. The van der Waals surface area contributed by atoms with Crippen LogP contribution in [0.2, 0.25) is 0 Å². The molecule has 71 heavy (non-hydrogen) atoms. The molecule has 382 valence electrons. The zero-order valence-electron chi connectivity index (χ0n) is 42.1. The molecule has 13 rings (SSSR count). The molecule has 0 amide bonds. The van der Waals surface area contributed by atoms with E-state index in [1.54, 1.807) is 6.08 Å². The maximum absolute atomic E-state index is 15.1. The predicted molar refractivity (Wildman–Crippen MR) is 268 cm³/mol. The first-order chi connectivity index (χ1) is 34.2. The molecule has 2 aromatic carbocycles. The molecule has 8 saturated carbocycles. The van der Waals surface area contributed by atoms with Crippen LogP contribution in [0.15, 0.2) is 60.2 Å². The summed E-state index contributed by atoms with van der Waals surface area (Å²) in [5.74, 6) is 4.28. The van der Waals surface area contributed by atoms with E-state index in [4.69, 9.17) is 4.74 Å². The zero-order chi connectivity index (χ0) is 49.3. The lowest BCUT2D eigenvalue weighted by Crippen LogP contribution is -2.86. The minimum atomic E-state index is -2.23. The number of carbonyl (C=O) groups is 2. The van der Waals surface area contributed by atoms with Gasteiger partial charge in [0, 0.05) is 53.2 Å². The number of rotatable bonds is 8. The van der Waals surface area contributed by atoms with Gasteiger partial charge in [0.25, 0.3) is 0 Å². The number of aliphatic hydroxyl groups excluding tert-OH is 3. The van der Waals surface area contributed by atoms with Gasteiger partial charge in [-0.15, -0.1) is 0 Å². The number of esters is 1. The number of fused-ring (bicyclic) bond motifs is 6. The Labute approximate surface area is 420 Å². The maximum atomic E-state index is 15.1. The van der Waals surface area contributed by atoms with E-state index in [-0.39, 0.29) is 61.5 Å². The van der Waals surface area contributed by atoms with Crippen molar-refractivity contribution in [1.82, 2.24) is 5.32 Å². The minimum absolute atomic E-state index is 0.0817. The van der Waals surface area contributed by atoms with Crippen LogP contribution in [0.25, 0.3) is 0 Å². The third-order valence-corrected chi connectivity index (χ3v) is 23.3. The quantitative estimate of drug-likeness (QED) is 0.0817. The number of benzene rings is 2. The summed E-state index contributed by atoms with van der Waals surface area (Å²) in [6.45, 7) is 2.20. The van der Waals surface area contributed by atoms with Crippen molar-refractivity contribution < 1.29 is 45.0 Å². The van der Waals surface area contributed by atoms with E-state index in [1.165, 1.54) is 18.4 Å². The Balaban J connectivity index is 1.01. The molecule has 8 fully saturated rings. The van der Waals surface area contributed by atoms with Gasteiger partial charge in [0.15, 0.2) is 0 Å². The highest BCUT2D eigenvalue weighted by molar-refractivity contribution is 5.86. The number of nitrogens with one attached hydrogen (secondary N) is 1. The molecule has 2 spiro atoms. The molecule has 10 aliphatic carbocycles. The van der Waals surface area contributed by atoms with Crippen molar-refractivity contribution in [2.75, 3.05) is 7.05 Å². The fraction of sp³-hybridized carbons (Fsp3) is 0.705. The van der Waals surface area contributed by atoms with Gasteiger partial charge < -0.3 is 45.5 Å². The summed E-state index contributed by atoms with van der Waals surface area (Å²) >= 11 is 0. The average molecular weight is 970 g/mol. The highest BCUT2D eigenvalue weighted by Crippen LogP contribution is 2.79. The Morgan fingerprint density at radius 2 is 1.68 bits per heavy atom. The molecule has 10 nitrogen and oxygen atoms in total. The molecule has 19 atom stereocenters. The van der Waals surface area contributed by atoms with E-state index in [2.05, 4.69) is 48.3 Å². The highest BCUT2D eigenvalue weighted by atomic mass is 16.5. The lowest BCUT2D eigenvalue weighted by Gasteiger charge is -2.74. The number of likely N-dealkylation sites (N-methyl/N-ethyl adjacent to an activating group) is 1. The average Bonchev–Trinajstić information content (AvgIpc) is 4.17. The predicted octanol–water partition coefficient (Wildman–Crippen LogP) is 7.15. The molecule has 10 heteroatoms. The molecule has 1 aliphatic heterocycles. The first kappa shape index (κ1) is 48.5. The van der Waals surface area contributed by atoms with Crippen LogP contribution in [-0.2, 0) is 33.8 Å². The Bertz CT molecular complexity index is 2500. The summed E-state index contributed by atoms with van der Waals surface area (Å²) in [6.07, 6.45) is 13.0. The molecule has 1 heterocycles. The fourth-order valence-corrected chi connectivity index (χ4v) is 20.3. The third kappa shape index (κ3) is 6.70. The zero-order valence-corrected chi connectivity index (χ0v) is 42.1. The Morgan fingerprint density at radius 3 is 2.44 bits per heavy atom. The molecule has 7 N–H and O–H groups in total. The summed E-state index contributed by atoms with van der Waals surface area (Å²) < 4.78 is 6.32. The van der Waals surface area contributed by atoms with Crippen molar-refractivity contribution in [1.29, 1.82) is 0 Å². The summed E-state index contributed by atoms with van der Waals surface area (Å²) in [4.78, 5) is 28.8. The summed E-state index contributed by atoms with van der Waals surface area (Å²) in [7, 11) is 1.92. The molecule has 2 aromatic rings. The Kier molecular flexibility index (Phi) is 12.0. The monoisotopic (exact) mass is 970 g/mol.